The van der Waals surface area contributed by atoms with Gasteiger partial charge in [0.15, 0.2) is 0 Å². The molecule has 0 aliphatic heterocycles. The van der Waals surface area contributed by atoms with E-state index in [0.29, 0.717) is 0 Å². The molecule has 0 bridgehead atoms. The fourth-order valence-electron chi connectivity index (χ4n) is 1.53. The SMILES string of the molecule is COn1c(=O)ccc2cc(C)ccc21. The first kappa shape index (κ1) is 8.81. The van der Waals surface area contributed by atoms with Crippen molar-refractivity contribution in [2.45, 2.75) is 6.92 Å². The second kappa shape index (κ2) is 3.18. The summed E-state index contributed by atoms with van der Waals surface area (Å²) in [6.45, 7) is 2.02. The molecule has 0 unspecified atom stereocenters. The third-order valence-corrected chi connectivity index (χ3v) is 2.19. The monoisotopic (exact) mass is 189 g/mol. The lowest BCUT2D eigenvalue weighted by Crippen LogP contribution is -2.23. The number of benzene rings is 1. The average molecular weight is 189 g/mol. The van der Waals surface area contributed by atoms with Gasteiger partial charge >= 0.3 is 0 Å². The number of nitrogens with zero attached hydrogens (tertiary/aromatic N) is 1. The molecule has 0 amide bonds. The van der Waals surface area contributed by atoms with Crippen LogP contribution in [0.5, 0.6) is 0 Å². The first-order valence-electron chi connectivity index (χ1n) is 4.39. The first-order valence-corrected chi connectivity index (χ1v) is 4.39. The van der Waals surface area contributed by atoms with Crippen molar-refractivity contribution >= 4 is 10.9 Å². The van der Waals surface area contributed by atoms with Crippen LogP contribution in [0.1, 0.15) is 5.56 Å². The summed E-state index contributed by atoms with van der Waals surface area (Å²) in [5.74, 6) is 0. The maximum atomic E-state index is 11.4. The zero-order valence-corrected chi connectivity index (χ0v) is 8.15. The maximum Gasteiger partial charge on any atom is 0.283 e. The molecule has 0 spiro atoms. The van der Waals surface area contributed by atoms with E-state index in [2.05, 4.69) is 0 Å². The third-order valence-electron chi connectivity index (χ3n) is 2.19. The summed E-state index contributed by atoms with van der Waals surface area (Å²) < 4.78 is 1.29. The Morgan fingerprint density at radius 1 is 1.21 bits per heavy atom. The van der Waals surface area contributed by atoms with E-state index >= 15 is 0 Å². The van der Waals surface area contributed by atoms with Gasteiger partial charge in [0.05, 0.1) is 5.52 Å². The van der Waals surface area contributed by atoms with Crippen LogP contribution in [0.4, 0.5) is 0 Å². The summed E-state index contributed by atoms with van der Waals surface area (Å²) >= 11 is 0. The van der Waals surface area contributed by atoms with Crippen molar-refractivity contribution < 1.29 is 4.84 Å². The molecule has 0 saturated carbocycles. The molecule has 2 aromatic rings. The molecule has 1 aromatic heterocycles. The first-order chi connectivity index (χ1) is 6.72. The van der Waals surface area contributed by atoms with Gasteiger partial charge in [-0.2, -0.15) is 0 Å². The zero-order chi connectivity index (χ0) is 10.1. The number of rotatable bonds is 1. The van der Waals surface area contributed by atoms with Crippen LogP contribution in [0.2, 0.25) is 0 Å². The van der Waals surface area contributed by atoms with E-state index < -0.39 is 0 Å². The Morgan fingerprint density at radius 2 is 2.00 bits per heavy atom. The summed E-state index contributed by atoms with van der Waals surface area (Å²) in [6, 6.07) is 9.17. The largest absolute Gasteiger partial charge is 0.413 e. The van der Waals surface area contributed by atoms with Crippen molar-refractivity contribution in [2.24, 2.45) is 0 Å². The lowest BCUT2D eigenvalue weighted by atomic mass is 10.1. The Morgan fingerprint density at radius 3 is 2.71 bits per heavy atom. The molecule has 0 atom stereocenters. The lowest BCUT2D eigenvalue weighted by Gasteiger charge is -2.07. The minimum atomic E-state index is -0.149. The van der Waals surface area contributed by atoms with Crippen LogP contribution in [0.3, 0.4) is 0 Å². The van der Waals surface area contributed by atoms with E-state index in [9.17, 15) is 4.79 Å². The minimum absolute atomic E-state index is 0.149. The topological polar surface area (TPSA) is 31.2 Å². The molecule has 14 heavy (non-hydrogen) atoms. The van der Waals surface area contributed by atoms with Gasteiger partial charge in [-0.05, 0) is 25.1 Å². The zero-order valence-electron chi connectivity index (χ0n) is 8.15. The van der Waals surface area contributed by atoms with Crippen molar-refractivity contribution in [1.82, 2.24) is 4.73 Å². The number of aromatic nitrogens is 1. The smallest absolute Gasteiger partial charge is 0.283 e. The molecule has 0 saturated heterocycles. The Kier molecular flexibility index (Phi) is 2.00. The second-order valence-electron chi connectivity index (χ2n) is 3.21. The average Bonchev–Trinajstić information content (AvgIpc) is 2.18. The number of fused-ring (bicyclic) bond motifs is 1. The second-order valence-corrected chi connectivity index (χ2v) is 3.21. The van der Waals surface area contributed by atoms with Gasteiger partial charge in [-0.25, -0.2) is 0 Å². The highest BCUT2D eigenvalue weighted by molar-refractivity contribution is 5.79. The molecule has 3 heteroatoms. The Hall–Kier alpha value is -1.77. The summed E-state index contributed by atoms with van der Waals surface area (Å²) in [7, 11) is 1.49. The standard InChI is InChI=1S/C11H11NO2/c1-8-3-5-10-9(7-8)4-6-11(13)12(10)14-2/h3-7H,1-2H3. The molecule has 0 fully saturated rings. The summed E-state index contributed by atoms with van der Waals surface area (Å²) in [4.78, 5) is 16.4. The van der Waals surface area contributed by atoms with Gasteiger partial charge in [-0.3, -0.25) is 4.79 Å². The van der Waals surface area contributed by atoms with Crippen LogP contribution in [0, 0.1) is 6.92 Å². The molecule has 72 valence electrons. The fraction of sp³-hybridized carbons (Fsp3) is 0.182. The van der Waals surface area contributed by atoms with Gasteiger partial charge in [0, 0.05) is 11.5 Å². The highest BCUT2D eigenvalue weighted by Crippen LogP contribution is 2.12. The fourth-order valence-corrected chi connectivity index (χ4v) is 1.53. The third kappa shape index (κ3) is 1.27. The summed E-state index contributed by atoms with van der Waals surface area (Å²) in [6.07, 6.45) is 0. The van der Waals surface area contributed by atoms with Crippen LogP contribution in [0.25, 0.3) is 10.9 Å². The van der Waals surface area contributed by atoms with Gasteiger partial charge < -0.3 is 4.84 Å². The van der Waals surface area contributed by atoms with Gasteiger partial charge in [0.25, 0.3) is 5.56 Å². The Balaban J connectivity index is 2.89. The van der Waals surface area contributed by atoms with E-state index in [0.717, 1.165) is 10.9 Å². The van der Waals surface area contributed by atoms with E-state index in [1.165, 1.54) is 23.5 Å². The van der Waals surface area contributed by atoms with E-state index in [4.69, 9.17) is 4.84 Å². The highest BCUT2D eigenvalue weighted by atomic mass is 16.6. The number of hydrogen-bond donors (Lipinski definition) is 0. The van der Waals surface area contributed by atoms with Crippen molar-refractivity contribution in [3.05, 3.63) is 46.2 Å². The molecule has 1 aromatic carbocycles. The molecule has 2 rings (SSSR count). The molecule has 3 nitrogen and oxygen atoms in total. The van der Waals surface area contributed by atoms with Gasteiger partial charge in [0.1, 0.15) is 7.11 Å². The van der Waals surface area contributed by atoms with Crippen molar-refractivity contribution in [3.8, 4) is 0 Å². The predicted octanol–water partition coefficient (Wildman–Crippen LogP) is 1.37. The quantitative estimate of drug-likeness (QED) is 0.678. The van der Waals surface area contributed by atoms with Crippen LogP contribution >= 0.6 is 0 Å². The van der Waals surface area contributed by atoms with E-state index in [1.807, 2.05) is 25.1 Å². The molecular weight excluding hydrogens is 178 g/mol. The predicted molar refractivity (Wildman–Crippen MR) is 55.4 cm³/mol. The summed E-state index contributed by atoms with van der Waals surface area (Å²) in [5, 5.41) is 1.01. The van der Waals surface area contributed by atoms with Crippen LogP contribution in [-0.2, 0) is 0 Å². The van der Waals surface area contributed by atoms with Crippen LogP contribution in [-0.4, -0.2) is 11.8 Å². The number of pyridine rings is 1. The number of hydrogen-bond acceptors (Lipinski definition) is 2. The van der Waals surface area contributed by atoms with Crippen LogP contribution in [0.15, 0.2) is 35.1 Å². The summed E-state index contributed by atoms with van der Waals surface area (Å²) in [5.41, 5.74) is 1.81. The Labute approximate surface area is 81.5 Å². The molecule has 0 N–H and O–H groups in total. The van der Waals surface area contributed by atoms with E-state index in [-0.39, 0.29) is 5.56 Å². The normalized spacial score (nSPS) is 10.4. The highest BCUT2D eigenvalue weighted by Gasteiger charge is 2.01. The Bertz CT molecular complexity index is 528. The molecule has 0 aliphatic rings. The van der Waals surface area contributed by atoms with E-state index in [1.54, 1.807) is 6.07 Å². The van der Waals surface area contributed by atoms with Crippen molar-refractivity contribution in [2.75, 3.05) is 7.11 Å². The molecular formula is C11H11NO2. The van der Waals surface area contributed by atoms with Gasteiger partial charge in [0.2, 0.25) is 0 Å². The molecule has 0 radical (unpaired) electrons. The van der Waals surface area contributed by atoms with Gasteiger partial charge in [-0.1, -0.05) is 11.6 Å². The minimum Gasteiger partial charge on any atom is -0.413 e. The van der Waals surface area contributed by atoms with Crippen LogP contribution < -0.4 is 10.4 Å². The van der Waals surface area contributed by atoms with Crippen molar-refractivity contribution in [3.63, 3.8) is 0 Å². The maximum absolute atomic E-state index is 11.4. The molecule has 0 aliphatic carbocycles. The van der Waals surface area contributed by atoms with Gasteiger partial charge in [-0.15, -0.1) is 4.73 Å². The number of aryl methyl sites for hydroxylation is 1. The molecule has 1 heterocycles. The lowest BCUT2D eigenvalue weighted by molar-refractivity contribution is 0.169. The van der Waals surface area contributed by atoms with Crippen molar-refractivity contribution in [1.29, 1.82) is 0 Å².